The van der Waals surface area contributed by atoms with Crippen LogP contribution in [0.5, 0.6) is 5.75 Å². The summed E-state index contributed by atoms with van der Waals surface area (Å²) in [7, 11) is 1.55. The quantitative estimate of drug-likeness (QED) is 0.680. The van der Waals surface area contributed by atoms with Crippen molar-refractivity contribution in [2.24, 2.45) is 0 Å². The average Bonchev–Trinajstić information content (AvgIpc) is 2.61. The predicted octanol–water partition coefficient (Wildman–Crippen LogP) is 0.172. The van der Waals surface area contributed by atoms with Gasteiger partial charge in [0.2, 0.25) is 0 Å². The van der Waals surface area contributed by atoms with Crippen molar-refractivity contribution in [3.05, 3.63) is 29.8 Å². The standard InChI is InChI=1S/C13H18N2O4/c1-8(2)15-12(16)13(17,18)11(14-15)9-4-6-10(19-3)7-5-9/h4-8,11,14,17-18H,1-3H3. The average molecular weight is 266 g/mol. The van der Waals surface area contributed by atoms with E-state index in [0.29, 0.717) is 11.3 Å². The van der Waals surface area contributed by atoms with E-state index in [1.807, 2.05) is 0 Å². The van der Waals surface area contributed by atoms with Gasteiger partial charge < -0.3 is 14.9 Å². The minimum atomic E-state index is -2.45. The molecule has 6 heteroatoms. The molecule has 0 bridgehead atoms. The van der Waals surface area contributed by atoms with Gasteiger partial charge in [0.15, 0.2) is 0 Å². The Morgan fingerprint density at radius 3 is 2.32 bits per heavy atom. The SMILES string of the molecule is COc1ccc(C2NN(C(C)C)C(=O)C2(O)O)cc1. The van der Waals surface area contributed by atoms with Crippen LogP contribution < -0.4 is 10.2 Å². The zero-order valence-electron chi connectivity index (χ0n) is 11.1. The van der Waals surface area contributed by atoms with Crippen LogP contribution in [0.1, 0.15) is 25.5 Å². The molecule has 1 amide bonds. The fraction of sp³-hybridized carbons (Fsp3) is 0.462. The van der Waals surface area contributed by atoms with Gasteiger partial charge in [-0.3, -0.25) is 9.80 Å². The lowest BCUT2D eigenvalue weighted by Crippen LogP contribution is -2.44. The van der Waals surface area contributed by atoms with Crippen molar-refractivity contribution in [1.82, 2.24) is 10.4 Å². The number of benzene rings is 1. The molecule has 1 aliphatic rings. The Morgan fingerprint density at radius 2 is 1.89 bits per heavy atom. The van der Waals surface area contributed by atoms with Crippen LogP contribution in [-0.2, 0) is 4.79 Å². The molecular weight excluding hydrogens is 248 g/mol. The van der Waals surface area contributed by atoms with Gasteiger partial charge in [0.05, 0.1) is 7.11 Å². The fourth-order valence-electron chi connectivity index (χ4n) is 2.08. The number of carbonyl (C=O) groups is 1. The number of carbonyl (C=O) groups excluding carboxylic acids is 1. The molecule has 1 saturated heterocycles. The third-order valence-electron chi connectivity index (χ3n) is 3.17. The molecule has 0 saturated carbocycles. The lowest BCUT2D eigenvalue weighted by atomic mass is 10.00. The number of amides is 1. The molecule has 0 aliphatic carbocycles. The Hall–Kier alpha value is -1.63. The summed E-state index contributed by atoms with van der Waals surface area (Å²) in [5, 5.41) is 21.2. The molecule has 0 spiro atoms. The third-order valence-corrected chi connectivity index (χ3v) is 3.17. The summed E-state index contributed by atoms with van der Waals surface area (Å²) in [6, 6.07) is 5.72. The highest BCUT2D eigenvalue weighted by Gasteiger charge is 2.53. The van der Waals surface area contributed by atoms with Crippen LogP contribution in [0, 0.1) is 0 Å². The predicted molar refractivity (Wildman–Crippen MR) is 68.0 cm³/mol. The first-order chi connectivity index (χ1) is 8.87. The number of hydrazine groups is 1. The summed E-state index contributed by atoms with van der Waals surface area (Å²) < 4.78 is 5.04. The number of nitrogens with zero attached hydrogens (tertiary/aromatic N) is 1. The van der Waals surface area contributed by atoms with Gasteiger partial charge in [0.1, 0.15) is 11.8 Å². The van der Waals surface area contributed by atoms with Gasteiger partial charge in [-0.2, -0.15) is 0 Å². The van der Waals surface area contributed by atoms with E-state index >= 15 is 0 Å². The molecule has 1 aromatic carbocycles. The topological polar surface area (TPSA) is 82.0 Å². The first-order valence-corrected chi connectivity index (χ1v) is 6.06. The monoisotopic (exact) mass is 266 g/mol. The summed E-state index contributed by atoms with van der Waals surface area (Å²) in [6.45, 7) is 3.58. The van der Waals surface area contributed by atoms with E-state index in [-0.39, 0.29) is 6.04 Å². The minimum absolute atomic E-state index is 0.172. The van der Waals surface area contributed by atoms with Crippen LogP contribution in [-0.4, -0.2) is 40.1 Å². The van der Waals surface area contributed by atoms with Gasteiger partial charge in [-0.05, 0) is 31.5 Å². The van der Waals surface area contributed by atoms with E-state index in [1.165, 1.54) is 5.01 Å². The van der Waals surface area contributed by atoms with Crippen molar-refractivity contribution in [2.75, 3.05) is 7.11 Å². The van der Waals surface area contributed by atoms with Crippen molar-refractivity contribution in [1.29, 1.82) is 0 Å². The number of hydrogen-bond donors (Lipinski definition) is 3. The smallest absolute Gasteiger partial charge is 0.299 e. The van der Waals surface area contributed by atoms with Crippen LogP contribution in [0.15, 0.2) is 24.3 Å². The molecule has 1 aromatic rings. The van der Waals surface area contributed by atoms with Gasteiger partial charge in [-0.25, -0.2) is 5.43 Å². The molecule has 1 unspecified atom stereocenters. The summed E-state index contributed by atoms with van der Waals surface area (Å²) in [4.78, 5) is 11.9. The van der Waals surface area contributed by atoms with Gasteiger partial charge >= 0.3 is 0 Å². The third kappa shape index (κ3) is 2.30. The Bertz CT molecular complexity index is 470. The van der Waals surface area contributed by atoms with E-state index in [1.54, 1.807) is 45.2 Å². The highest BCUT2D eigenvalue weighted by atomic mass is 16.5. The van der Waals surface area contributed by atoms with Crippen molar-refractivity contribution in [2.45, 2.75) is 31.7 Å². The molecular formula is C13H18N2O4. The van der Waals surface area contributed by atoms with Crippen molar-refractivity contribution in [3.63, 3.8) is 0 Å². The van der Waals surface area contributed by atoms with Crippen molar-refractivity contribution >= 4 is 5.91 Å². The first-order valence-electron chi connectivity index (χ1n) is 6.06. The lowest BCUT2D eigenvalue weighted by Gasteiger charge is -2.21. The second kappa shape index (κ2) is 4.80. The maximum Gasteiger partial charge on any atom is 0.299 e. The Kier molecular flexibility index (Phi) is 3.49. The summed E-state index contributed by atoms with van der Waals surface area (Å²) in [6.07, 6.45) is 0. The van der Waals surface area contributed by atoms with Gasteiger partial charge in [-0.1, -0.05) is 12.1 Å². The van der Waals surface area contributed by atoms with Crippen LogP contribution in [0.4, 0.5) is 0 Å². The summed E-state index contributed by atoms with van der Waals surface area (Å²) in [5.41, 5.74) is 3.43. The minimum Gasteiger partial charge on any atom is -0.497 e. The molecule has 1 atom stereocenters. The number of methoxy groups -OCH3 is 1. The molecule has 0 radical (unpaired) electrons. The maximum atomic E-state index is 11.9. The summed E-state index contributed by atoms with van der Waals surface area (Å²) >= 11 is 0. The van der Waals surface area contributed by atoms with Gasteiger partial charge in [0.25, 0.3) is 11.7 Å². The molecule has 1 aliphatic heterocycles. The Labute approximate surface area is 111 Å². The molecule has 6 nitrogen and oxygen atoms in total. The molecule has 19 heavy (non-hydrogen) atoms. The number of aliphatic hydroxyl groups is 2. The van der Waals surface area contributed by atoms with Gasteiger partial charge in [-0.15, -0.1) is 0 Å². The van der Waals surface area contributed by atoms with Crippen molar-refractivity contribution in [3.8, 4) is 5.75 Å². The summed E-state index contributed by atoms with van der Waals surface area (Å²) in [5.74, 6) is -2.53. The maximum absolute atomic E-state index is 11.9. The number of rotatable bonds is 3. The molecule has 1 heterocycles. The van der Waals surface area contributed by atoms with E-state index < -0.39 is 17.7 Å². The largest absolute Gasteiger partial charge is 0.497 e. The van der Waals surface area contributed by atoms with Crippen molar-refractivity contribution < 1.29 is 19.7 Å². The highest BCUT2D eigenvalue weighted by Crippen LogP contribution is 2.33. The molecule has 3 N–H and O–H groups in total. The van der Waals surface area contributed by atoms with Crippen LogP contribution in [0.2, 0.25) is 0 Å². The molecule has 104 valence electrons. The van der Waals surface area contributed by atoms with E-state index in [2.05, 4.69) is 5.43 Å². The molecule has 2 rings (SSSR count). The van der Waals surface area contributed by atoms with E-state index in [9.17, 15) is 15.0 Å². The highest BCUT2D eigenvalue weighted by molar-refractivity contribution is 5.86. The van der Waals surface area contributed by atoms with Crippen LogP contribution >= 0.6 is 0 Å². The number of nitrogens with one attached hydrogen (secondary N) is 1. The van der Waals surface area contributed by atoms with E-state index in [4.69, 9.17) is 4.74 Å². The zero-order chi connectivity index (χ0) is 14.2. The first kappa shape index (κ1) is 13.8. The fourth-order valence-corrected chi connectivity index (χ4v) is 2.08. The van der Waals surface area contributed by atoms with E-state index in [0.717, 1.165) is 0 Å². The second-order valence-corrected chi connectivity index (χ2v) is 4.83. The Morgan fingerprint density at radius 1 is 1.32 bits per heavy atom. The number of ether oxygens (including phenoxy) is 1. The van der Waals surface area contributed by atoms with Crippen LogP contribution in [0.3, 0.4) is 0 Å². The zero-order valence-corrected chi connectivity index (χ0v) is 11.1. The van der Waals surface area contributed by atoms with Gasteiger partial charge in [0, 0.05) is 6.04 Å². The molecule has 1 fully saturated rings. The Balaban J connectivity index is 2.31. The second-order valence-electron chi connectivity index (χ2n) is 4.83. The molecule has 0 aromatic heterocycles. The number of hydrogen-bond acceptors (Lipinski definition) is 5. The normalized spacial score (nSPS) is 22.1. The van der Waals surface area contributed by atoms with Crippen LogP contribution in [0.25, 0.3) is 0 Å². The lowest BCUT2D eigenvalue weighted by molar-refractivity contribution is -0.187.